The van der Waals surface area contributed by atoms with Gasteiger partial charge >= 0.3 is 0 Å². The van der Waals surface area contributed by atoms with E-state index < -0.39 is 0 Å². The molecule has 0 saturated heterocycles. The first-order valence-corrected chi connectivity index (χ1v) is 6.77. The quantitative estimate of drug-likeness (QED) is 0.814. The Bertz CT molecular complexity index is 551. The first-order valence-electron chi connectivity index (χ1n) is 6.77. The van der Waals surface area contributed by atoms with E-state index in [2.05, 4.69) is 18.3 Å². The number of methoxy groups -OCH3 is 1. The van der Waals surface area contributed by atoms with Crippen LogP contribution in [0.5, 0.6) is 5.75 Å². The van der Waals surface area contributed by atoms with Crippen molar-refractivity contribution >= 4 is 0 Å². The Balaban J connectivity index is 1.84. The summed E-state index contributed by atoms with van der Waals surface area (Å²) in [5.41, 5.74) is 3.52. The molecule has 0 aliphatic carbocycles. The molecule has 0 aliphatic rings. The second-order valence-corrected chi connectivity index (χ2v) is 4.87. The van der Waals surface area contributed by atoms with Gasteiger partial charge in [-0.1, -0.05) is 29.8 Å². The predicted octanol–water partition coefficient (Wildman–Crippen LogP) is 3.48. The van der Waals surface area contributed by atoms with Crippen LogP contribution in [0.1, 0.15) is 16.7 Å². The molecule has 0 radical (unpaired) electrons. The van der Waals surface area contributed by atoms with Gasteiger partial charge in [0.1, 0.15) is 11.6 Å². The van der Waals surface area contributed by atoms with E-state index >= 15 is 0 Å². The maximum Gasteiger partial charge on any atom is 0.123 e. The van der Waals surface area contributed by atoms with Crippen molar-refractivity contribution in [3.63, 3.8) is 0 Å². The van der Waals surface area contributed by atoms with Gasteiger partial charge in [0.15, 0.2) is 0 Å². The zero-order valence-electron chi connectivity index (χ0n) is 11.9. The van der Waals surface area contributed by atoms with Gasteiger partial charge in [-0.2, -0.15) is 0 Å². The highest BCUT2D eigenvalue weighted by Gasteiger charge is 2.02. The summed E-state index contributed by atoms with van der Waals surface area (Å²) in [6.45, 7) is 3.69. The van der Waals surface area contributed by atoms with Gasteiger partial charge in [0.05, 0.1) is 7.11 Å². The largest absolute Gasteiger partial charge is 0.496 e. The van der Waals surface area contributed by atoms with Gasteiger partial charge in [0.2, 0.25) is 0 Å². The van der Waals surface area contributed by atoms with Crippen molar-refractivity contribution in [1.82, 2.24) is 5.32 Å². The number of hydrogen-bond acceptors (Lipinski definition) is 2. The molecule has 0 spiro atoms. The SMILES string of the molecule is COc1ccc(C)cc1CNCCc1ccc(F)cc1. The Morgan fingerprint density at radius 2 is 1.85 bits per heavy atom. The van der Waals surface area contributed by atoms with Crippen molar-refractivity contribution in [1.29, 1.82) is 0 Å². The molecule has 3 heteroatoms. The molecule has 2 aromatic rings. The maximum absolute atomic E-state index is 12.8. The predicted molar refractivity (Wildman–Crippen MR) is 79.5 cm³/mol. The number of hydrogen-bond donors (Lipinski definition) is 1. The highest BCUT2D eigenvalue weighted by molar-refractivity contribution is 5.36. The Kier molecular flexibility index (Phi) is 5.13. The van der Waals surface area contributed by atoms with Crippen LogP contribution in [-0.4, -0.2) is 13.7 Å². The summed E-state index contributed by atoms with van der Waals surface area (Å²) in [6.07, 6.45) is 0.883. The van der Waals surface area contributed by atoms with Gasteiger partial charge in [0.25, 0.3) is 0 Å². The number of benzene rings is 2. The van der Waals surface area contributed by atoms with Crippen LogP contribution in [-0.2, 0) is 13.0 Å². The van der Waals surface area contributed by atoms with Crippen molar-refractivity contribution in [2.75, 3.05) is 13.7 Å². The lowest BCUT2D eigenvalue weighted by Crippen LogP contribution is -2.17. The third-order valence-corrected chi connectivity index (χ3v) is 3.26. The average Bonchev–Trinajstić information content (AvgIpc) is 2.46. The number of nitrogens with one attached hydrogen (secondary N) is 1. The lowest BCUT2D eigenvalue weighted by Gasteiger charge is -2.10. The first-order chi connectivity index (χ1) is 9.69. The first kappa shape index (κ1) is 14.5. The van der Waals surface area contributed by atoms with Crippen LogP contribution < -0.4 is 10.1 Å². The lowest BCUT2D eigenvalue weighted by atomic mass is 10.1. The summed E-state index contributed by atoms with van der Waals surface area (Å²) in [5.74, 6) is 0.719. The second kappa shape index (κ2) is 7.06. The van der Waals surface area contributed by atoms with E-state index in [4.69, 9.17) is 4.74 Å². The molecule has 0 amide bonds. The Morgan fingerprint density at radius 3 is 2.55 bits per heavy atom. The minimum absolute atomic E-state index is 0.189. The van der Waals surface area contributed by atoms with Gasteiger partial charge in [-0.15, -0.1) is 0 Å². The number of rotatable bonds is 6. The molecule has 2 nitrogen and oxygen atoms in total. The number of aryl methyl sites for hydroxylation is 1. The van der Waals surface area contributed by atoms with Crippen LogP contribution in [0.15, 0.2) is 42.5 Å². The molecule has 20 heavy (non-hydrogen) atoms. The molecule has 106 valence electrons. The fourth-order valence-corrected chi connectivity index (χ4v) is 2.15. The molecule has 2 aromatic carbocycles. The van der Waals surface area contributed by atoms with Crippen LogP contribution in [0.25, 0.3) is 0 Å². The summed E-state index contributed by atoms with van der Waals surface area (Å²) in [4.78, 5) is 0. The van der Waals surface area contributed by atoms with Gasteiger partial charge in [0, 0.05) is 12.1 Å². The molecular formula is C17H20FNO. The van der Waals surface area contributed by atoms with Crippen molar-refractivity contribution in [3.05, 3.63) is 65.0 Å². The molecule has 0 aromatic heterocycles. The summed E-state index contributed by atoms with van der Waals surface area (Å²) < 4.78 is 18.1. The summed E-state index contributed by atoms with van der Waals surface area (Å²) in [7, 11) is 1.69. The van der Waals surface area contributed by atoms with Gasteiger partial charge < -0.3 is 10.1 Å². The highest BCUT2D eigenvalue weighted by atomic mass is 19.1. The van der Waals surface area contributed by atoms with Crippen LogP contribution in [0.3, 0.4) is 0 Å². The van der Waals surface area contributed by atoms with Crippen LogP contribution >= 0.6 is 0 Å². The van der Waals surface area contributed by atoms with Gasteiger partial charge in [-0.3, -0.25) is 0 Å². The van der Waals surface area contributed by atoms with Crippen molar-refractivity contribution in [2.45, 2.75) is 19.9 Å². The molecule has 2 rings (SSSR count). The maximum atomic E-state index is 12.8. The Hall–Kier alpha value is -1.87. The van der Waals surface area contributed by atoms with E-state index in [1.807, 2.05) is 24.3 Å². The van der Waals surface area contributed by atoms with Gasteiger partial charge in [-0.05, 0) is 43.7 Å². The smallest absolute Gasteiger partial charge is 0.123 e. The lowest BCUT2D eigenvalue weighted by molar-refractivity contribution is 0.407. The zero-order valence-corrected chi connectivity index (χ0v) is 11.9. The highest BCUT2D eigenvalue weighted by Crippen LogP contribution is 2.19. The Labute approximate surface area is 119 Å². The van der Waals surface area contributed by atoms with Crippen LogP contribution in [0.2, 0.25) is 0 Å². The zero-order chi connectivity index (χ0) is 14.4. The monoisotopic (exact) mass is 273 g/mol. The third kappa shape index (κ3) is 4.07. The van der Waals surface area contributed by atoms with E-state index in [0.29, 0.717) is 0 Å². The number of halogens is 1. The van der Waals surface area contributed by atoms with E-state index in [1.165, 1.54) is 17.7 Å². The minimum Gasteiger partial charge on any atom is -0.496 e. The molecule has 0 fully saturated rings. The normalized spacial score (nSPS) is 10.6. The molecule has 0 atom stereocenters. The number of ether oxygens (including phenoxy) is 1. The molecule has 1 N–H and O–H groups in total. The third-order valence-electron chi connectivity index (χ3n) is 3.26. The molecule has 0 unspecified atom stereocenters. The van der Waals surface area contributed by atoms with E-state index in [9.17, 15) is 4.39 Å². The fraction of sp³-hybridized carbons (Fsp3) is 0.294. The van der Waals surface area contributed by atoms with Gasteiger partial charge in [-0.25, -0.2) is 4.39 Å². The van der Waals surface area contributed by atoms with E-state index in [0.717, 1.165) is 36.4 Å². The summed E-state index contributed by atoms with van der Waals surface area (Å²) >= 11 is 0. The second-order valence-electron chi connectivity index (χ2n) is 4.87. The van der Waals surface area contributed by atoms with Crippen molar-refractivity contribution in [3.8, 4) is 5.75 Å². The molecular weight excluding hydrogens is 253 g/mol. The van der Waals surface area contributed by atoms with Crippen LogP contribution in [0.4, 0.5) is 4.39 Å². The van der Waals surface area contributed by atoms with E-state index in [1.54, 1.807) is 7.11 Å². The summed E-state index contributed by atoms with van der Waals surface area (Å²) in [5, 5.41) is 3.39. The molecule has 0 heterocycles. The topological polar surface area (TPSA) is 21.3 Å². The summed E-state index contributed by atoms with van der Waals surface area (Å²) in [6, 6.07) is 12.8. The van der Waals surface area contributed by atoms with E-state index in [-0.39, 0.29) is 5.82 Å². The van der Waals surface area contributed by atoms with Crippen molar-refractivity contribution in [2.24, 2.45) is 0 Å². The van der Waals surface area contributed by atoms with Crippen LogP contribution in [0, 0.1) is 12.7 Å². The standard InChI is InChI=1S/C17H20FNO/c1-13-3-8-17(20-2)15(11-13)12-19-10-9-14-4-6-16(18)7-5-14/h3-8,11,19H,9-10,12H2,1-2H3. The molecule has 0 aliphatic heterocycles. The molecule has 0 bridgehead atoms. The minimum atomic E-state index is -0.189. The van der Waals surface area contributed by atoms with Crippen molar-refractivity contribution < 1.29 is 9.13 Å². The fourth-order valence-electron chi connectivity index (χ4n) is 2.15. The molecule has 0 saturated carbocycles. The average molecular weight is 273 g/mol. The Morgan fingerprint density at radius 1 is 1.10 bits per heavy atom.